The van der Waals surface area contributed by atoms with E-state index in [0.717, 1.165) is 33.3 Å². The molecule has 0 aliphatic heterocycles. The number of carboxylic acids is 1. The van der Waals surface area contributed by atoms with E-state index in [1.807, 2.05) is 24.3 Å². The Hall–Kier alpha value is -2.93. The number of hydrogen-bond acceptors (Lipinski definition) is 6. The fourth-order valence-corrected chi connectivity index (χ4v) is 3.99. The van der Waals surface area contributed by atoms with Crippen LogP contribution >= 0.6 is 11.3 Å². The van der Waals surface area contributed by atoms with Crippen LogP contribution in [0.5, 0.6) is 0 Å². The zero-order chi connectivity index (χ0) is 16.7. The van der Waals surface area contributed by atoms with E-state index in [4.69, 9.17) is 5.21 Å². The van der Waals surface area contributed by atoms with Gasteiger partial charge in [0.1, 0.15) is 4.88 Å². The molecule has 2 aromatic heterocycles. The van der Waals surface area contributed by atoms with Gasteiger partial charge in [0, 0.05) is 29.0 Å². The first-order valence-corrected chi connectivity index (χ1v) is 8.20. The van der Waals surface area contributed by atoms with Crippen molar-refractivity contribution in [1.82, 2.24) is 4.98 Å². The Balaban J connectivity index is 1.78. The molecule has 0 fully saturated rings. The van der Waals surface area contributed by atoms with Gasteiger partial charge in [-0.25, -0.2) is 4.79 Å². The molecule has 0 saturated heterocycles. The highest BCUT2D eigenvalue weighted by molar-refractivity contribution is 7.21. The highest BCUT2D eigenvalue weighted by Gasteiger charge is 2.21. The van der Waals surface area contributed by atoms with Crippen LogP contribution in [0.1, 0.15) is 27.2 Å². The Bertz CT molecular complexity index is 994. The Morgan fingerprint density at radius 2 is 2.17 bits per heavy atom. The Labute approximate surface area is 141 Å². The van der Waals surface area contributed by atoms with E-state index in [2.05, 4.69) is 15.5 Å². The summed E-state index contributed by atoms with van der Waals surface area (Å²) in [6.45, 7) is 0. The number of nitrogens with one attached hydrogen (secondary N) is 1. The number of aromatic carboxylic acids is 1. The highest BCUT2D eigenvalue weighted by Crippen LogP contribution is 2.37. The van der Waals surface area contributed by atoms with Crippen molar-refractivity contribution in [1.29, 1.82) is 0 Å². The first-order valence-electron chi connectivity index (χ1n) is 7.38. The van der Waals surface area contributed by atoms with Crippen molar-refractivity contribution in [3.63, 3.8) is 0 Å². The molecule has 4 rings (SSSR count). The van der Waals surface area contributed by atoms with Crippen molar-refractivity contribution in [2.24, 2.45) is 5.16 Å². The summed E-state index contributed by atoms with van der Waals surface area (Å²) >= 11 is 1.20. The molecule has 1 aliphatic rings. The fraction of sp³-hybridized carbons (Fsp3) is 0.118. The number of anilines is 2. The number of aryl methyl sites for hydroxylation is 1. The predicted molar refractivity (Wildman–Crippen MR) is 92.9 cm³/mol. The molecule has 0 radical (unpaired) electrons. The number of hydrogen-bond donors (Lipinski definition) is 3. The van der Waals surface area contributed by atoms with Crippen LogP contribution in [0.4, 0.5) is 11.4 Å². The smallest absolute Gasteiger partial charge is 0.348 e. The zero-order valence-corrected chi connectivity index (χ0v) is 13.3. The van der Waals surface area contributed by atoms with Gasteiger partial charge >= 0.3 is 5.97 Å². The van der Waals surface area contributed by atoms with Crippen LogP contribution in [-0.4, -0.2) is 27.0 Å². The maximum atomic E-state index is 11.6. The largest absolute Gasteiger partial charge is 0.477 e. The van der Waals surface area contributed by atoms with Gasteiger partial charge in [-0.1, -0.05) is 11.2 Å². The third kappa shape index (κ3) is 2.30. The molecule has 2 heterocycles. The van der Waals surface area contributed by atoms with Gasteiger partial charge in [0.05, 0.1) is 16.1 Å². The van der Waals surface area contributed by atoms with E-state index in [9.17, 15) is 9.90 Å². The summed E-state index contributed by atoms with van der Waals surface area (Å²) in [4.78, 5) is 15.9. The molecule has 7 heteroatoms. The molecular formula is C17H13N3O3S. The van der Waals surface area contributed by atoms with Crippen LogP contribution < -0.4 is 5.32 Å². The number of benzene rings is 1. The number of nitrogens with zero attached hydrogens (tertiary/aromatic N) is 2. The van der Waals surface area contributed by atoms with Gasteiger partial charge in [0.15, 0.2) is 0 Å². The van der Waals surface area contributed by atoms with Crippen LogP contribution in [0.15, 0.2) is 41.8 Å². The lowest BCUT2D eigenvalue weighted by atomic mass is 10.1. The average molecular weight is 339 g/mol. The van der Waals surface area contributed by atoms with Crippen molar-refractivity contribution >= 4 is 44.5 Å². The Morgan fingerprint density at radius 1 is 1.29 bits per heavy atom. The number of aromatic nitrogens is 1. The van der Waals surface area contributed by atoms with Gasteiger partial charge < -0.3 is 15.6 Å². The summed E-state index contributed by atoms with van der Waals surface area (Å²) in [7, 11) is 0. The minimum Gasteiger partial charge on any atom is -0.477 e. The summed E-state index contributed by atoms with van der Waals surface area (Å²) in [5.74, 6) is -0.963. The molecule has 120 valence electrons. The van der Waals surface area contributed by atoms with Crippen molar-refractivity contribution in [3.05, 3.63) is 52.7 Å². The first-order chi connectivity index (χ1) is 11.7. The number of fused-ring (bicyclic) bond motifs is 2. The Morgan fingerprint density at radius 3 is 2.96 bits per heavy atom. The summed E-state index contributed by atoms with van der Waals surface area (Å²) in [6, 6.07) is 7.55. The SMILES string of the molecule is O=C(O)c1sc2cnccc2c1Nc1ccc2c(c1)CCC2=NO. The van der Waals surface area contributed by atoms with Crippen LogP contribution in [0.25, 0.3) is 10.1 Å². The van der Waals surface area contributed by atoms with Gasteiger partial charge in [0.25, 0.3) is 0 Å². The lowest BCUT2D eigenvalue weighted by Gasteiger charge is -2.09. The standard InChI is InChI=1S/C17H13N3O3S/c21-17(22)16-15(12-5-6-18-8-14(12)24-16)19-10-2-3-11-9(7-10)1-4-13(11)20-23/h2-3,5-8,19,23H,1,4H2,(H,21,22). The predicted octanol–water partition coefficient (Wildman–Crippen LogP) is 3.86. The summed E-state index contributed by atoms with van der Waals surface area (Å²) in [5, 5.41) is 25.9. The lowest BCUT2D eigenvalue weighted by molar-refractivity contribution is 0.0703. The van der Waals surface area contributed by atoms with Crippen molar-refractivity contribution < 1.29 is 15.1 Å². The number of rotatable bonds is 3. The van der Waals surface area contributed by atoms with E-state index < -0.39 is 5.97 Å². The van der Waals surface area contributed by atoms with Crippen molar-refractivity contribution in [3.8, 4) is 0 Å². The zero-order valence-electron chi connectivity index (χ0n) is 12.5. The molecule has 1 aromatic carbocycles. The molecule has 0 unspecified atom stereocenters. The molecule has 3 N–H and O–H groups in total. The molecule has 0 saturated carbocycles. The van der Waals surface area contributed by atoms with Crippen LogP contribution in [0.3, 0.4) is 0 Å². The van der Waals surface area contributed by atoms with E-state index in [1.165, 1.54) is 11.3 Å². The molecular weight excluding hydrogens is 326 g/mol. The van der Waals surface area contributed by atoms with E-state index in [1.54, 1.807) is 12.4 Å². The third-order valence-electron chi connectivity index (χ3n) is 4.12. The van der Waals surface area contributed by atoms with Crippen molar-refractivity contribution in [2.45, 2.75) is 12.8 Å². The highest BCUT2D eigenvalue weighted by atomic mass is 32.1. The van der Waals surface area contributed by atoms with Crippen LogP contribution in [0, 0.1) is 0 Å². The first kappa shape index (κ1) is 14.6. The van der Waals surface area contributed by atoms with E-state index in [0.29, 0.717) is 17.8 Å². The lowest BCUT2D eigenvalue weighted by Crippen LogP contribution is -2.00. The van der Waals surface area contributed by atoms with Gasteiger partial charge in [-0.3, -0.25) is 4.98 Å². The second-order valence-corrected chi connectivity index (χ2v) is 6.58. The number of pyridine rings is 1. The summed E-state index contributed by atoms with van der Waals surface area (Å²) < 4.78 is 0.827. The summed E-state index contributed by atoms with van der Waals surface area (Å²) in [5.41, 5.74) is 4.12. The number of carboxylic acid groups (broad SMARTS) is 1. The maximum absolute atomic E-state index is 11.6. The fourth-order valence-electron chi connectivity index (χ4n) is 3.02. The number of oxime groups is 1. The van der Waals surface area contributed by atoms with Gasteiger partial charge in [-0.15, -0.1) is 11.3 Å². The molecule has 0 bridgehead atoms. The van der Waals surface area contributed by atoms with Crippen LogP contribution in [0.2, 0.25) is 0 Å². The molecule has 24 heavy (non-hydrogen) atoms. The van der Waals surface area contributed by atoms with Gasteiger partial charge in [0.2, 0.25) is 0 Å². The second-order valence-electron chi connectivity index (χ2n) is 5.53. The molecule has 3 aromatic rings. The maximum Gasteiger partial charge on any atom is 0.348 e. The summed E-state index contributed by atoms with van der Waals surface area (Å²) in [6.07, 6.45) is 4.84. The quantitative estimate of drug-likeness (QED) is 0.497. The second kappa shape index (κ2) is 5.61. The van der Waals surface area contributed by atoms with Gasteiger partial charge in [-0.2, -0.15) is 0 Å². The monoisotopic (exact) mass is 339 g/mol. The minimum absolute atomic E-state index is 0.260. The molecule has 1 aliphatic carbocycles. The van der Waals surface area contributed by atoms with Crippen molar-refractivity contribution in [2.75, 3.05) is 5.32 Å². The number of thiophene rings is 1. The molecule has 0 amide bonds. The Kier molecular flexibility index (Phi) is 3.42. The normalized spacial score (nSPS) is 14.9. The molecule has 0 atom stereocenters. The average Bonchev–Trinajstić information content (AvgIpc) is 3.16. The molecule has 0 spiro atoms. The van der Waals surface area contributed by atoms with Gasteiger partial charge in [-0.05, 0) is 36.6 Å². The van der Waals surface area contributed by atoms with E-state index in [-0.39, 0.29) is 4.88 Å². The molecule has 6 nitrogen and oxygen atoms in total. The minimum atomic E-state index is -0.963. The third-order valence-corrected chi connectivity index (χ3v) is 5.25. The van der Waals surface area contributed by atoms with Crippen LogP contribution in [-0.2, 0) is 6.42 Å². The van der Waals surface area contributed by atoms with E-state index >= 15 is 0 Å². The topological polar surface area (TPSA) is 94.8 Å². The number of carbonyl (C=O) groups is 1.